The molecule has 2 N–H and O–H groups in total. The number of H-pyrrole nitrogens is 1. The van der Waals surface area contributed by atoms with Crippen molar-refractivity contribution in [1.29, 1.82) is 0 Å². The van der Waals surface area contributed by atoms with Gasteiger partial charge in [-0.25, -0.2) is 14.6 Å². The Morgan fingerprint density at radius 1 is 0.975 bits per heavy atom. The Hall–Kier alpha value is -4.83. The number of benzene rings is 2. The molecule has 5 heterocycles. The number of hydrogen-bond acceptors (Lipinski definition) is 6. The molecular formula is C30H27N7O3. The average molecular weight is 534 g/mol. The van der Waals surface area contributed by atoms with Crippen LogP contribution in [0.2, 0.25) is 0 Å². The molecule has 0 radical (unpaired) electrons. The first-order chi connectivity index (χ1) is 19.6. The summed E-state index contributed by atoms with van der Waals surface area (Å²) in [6.07, 6.45) is 8.46. The summed E-state index contributed by atoms with van der Waals surface area (Å²) in [5.74, 6) is 0. The lowest BCUT2D eigenvalue weighted by molar-refractivity contribution is -0.0366. The maximum Gasteiger partial charge on any atom is 0.322 e. The van der Waals surface area contributed by atoms with Crippen molar-refractivity contribution in [3.63, 3.8) is 0 Å². The highest BCUT2D eigenvalue weighted by atomic mass is 16.5. The van der Waals surface area contributed by atoms with E-state index in [-0.39, 0.29) is 17.8 Å². The summed E-state index contributed by atoms with van der Waals surface area (Å²) < 4.78 is 7.84. The van der Waals surface area contributed by atoms with Crippen molar-refractivity contribution in [3.8, 4) is 22.4 Å². The number of carbonyl (C=O) groups excluding carboxylic acids is 1. The molecule has 1 saturated heterocycles. The first kappa shape index (κ1) is 24.2. The van der Waals surface area contributed by atoms with Gasteiger partial charge in [-0.05, 0) is 72.4 Å². The largest absolute Gasteiger partial charge is 0.356 e. The molecule has 0 bridgehead atoms. The molecule has 40 heavy (non-hydrogen) atoms. The molecule has 3 aromatic heterocycles. The number of aromatic nitrogens is 5. The normalized spacial score (nSPS) is 16.7. The number of carbonyl (C=O) groups is 1. The van der Waals surface area contributed by atoms with Gasteiger partial charge in [0.05, 0.1) is 23.0 Å². The van der Waals surface area contributed by atoms with Crippen LogP contribution in [0.5, 0.6) is 0 Å². The van der Waals surface area contributed by atoms with E-state index in [2.05, 4.69) is 25.6 Å². The van der Waals surface area contributed by atoms with Crippen LogP contribution in [0, 0.1) is 0 Å². The highest BCUT2D eigenvalue weighted by Crippen LogP contribution is 2.30. The number of rotatable bonds is 4. The van der Waals surface area contributed by atoms with Crippen molar-refractivity contribution in [2.75, 3.05) is 11.9 Å². The lowest BCUT2D eigenvalue weighted by Crippen LogP contribution is -2.30. The standard InChI is InChI=1S/C30H27N7O3/c38-29-25(20-6-9-27-22(13-20)16-32-37(27)28-3-1-2-12-40-28)14-26(34-35-29)19-4-7-24(8-5-19)33-30(39)36-17-21-10-11-31-15-23(21)18-36/h4-11,13-16,28H,1-3,12,17-18H2,(H,33,39)(H,35,38). The molecule has 5 aromatic rings. The number of ether oxygens (including phenoxy) is 1. The second kappa shape index (κ2) is 10.0. The number of amides is 2. The van der Waals surface area contributed by atoms with Gasteiger partial charge in [-0.3, -0.25) is 9.78 Å². The van der Waals surface area contributed by atoms with Gasteiger partial charge in [-0.1, -0.05) is 18.2 Å². The van der Waals surface area contributed by atoms with Crippen LogP contribution in [0.25, 0.3) is 33.3 Å². The summed E-state index contributed by atoms with van der Waals surface area (Å²) in [6, 6.07) is 16.9. The third-order valence-corrected chi connectivity index (χ3v) is 7.58. The van der Waals surface area contributed by atoms with E-state index in [1.165, 1.54) is 0 Å². The molecule has 1 unspecified atom stereocenters. The lowest BCUT2D eigenvalue weighted by Gasteiger charge is -2.23. The van der Waals surface area contributed by atoms with Gasteiger partial charge in [0.25, 0.3) is 5.56 Å². The Morgan fingerprint density at radius 2 is 1.82 bits per heavy atom. The molecule has 1 atom stereocenters. The number of fused-ring (bicyclic) bond motifs is 2. The van der Waals surface area contributed by atoms with Crippen LogP contribution in [0.15, 0.2) is 78.0 Å². The van der Waals surface area contributed by atoms with Crippen molar-refractivity contribution in [3.05, 3.63) is 94.7 Å². The maximum absolute atomic E-state index is 12.8. The minimum Gasteiger partial charge on any atom is -0.356 e. The van der Waals surface area contributed by atoms with Crippen molar-refractivity contribution >= 4 is 22.6 Å². The van der Waals surface area contributed by atoms with Gasteiger partial charge in [-0.2, -0.15) is 10.2 Å². The molecule has 0 aliphatic carbocycles. The highest BCUT2D eigenvalue weighted by molar-refractivity contribution is 5.90. The van der Waals surface area contributed by atoms with Crippen LogP contribution in [0.3, 0.4) is 0 Å². The van der Waals surface area contributed by atoms with Crippen molar-refractivity contribution in [2.24, 2.45) is 0 Å². The molecular weight excluding hydrogens is 506 g/mol. The van der Waals surface area contributed by atoms with Gasteiger partial charge >= 0.3 is 6.03 Å². The SMILES string of the molecule is O=C(Nc1ccc(-c2cc(-c3ccc4c(cnn4C4CCCCO4)c3)c(=O)[nH]n2)cc1)N1Cc2ccncc2C1. The molecule has 2 aromatic carbocycles. The number of anilines is 1. The molecule has 0 spiro atoms. The molecule has 1 fully saturated rings. The van der Waals surface area contributed by atoms with E-state index in [9.17, 15) is 9.59 Å². The van der Waals surface area contributed by atoms with Crippen LogP contribution in [-0.4, -0.2) is 42.5 Å². The van der Waals surface area contributed by atoms with E-state index < -0.39 is 0 Å². The predicted octanol–water partition coefficient (Wildman–Crippen LogP) is 5.10. The number of hydrogen-bond donors (Lipinski definition) is 2. The Labute approximate surface area is 229 Å². The summed E-state index contributed by atoms with van der Waals surface area (Å²) in [5.41, 5.74) is 6.33. The Kier molecular flexibility index (Phi) is 6.09. The average Bonchev–Trinajstić information content (AvgIpc) is 3.63. The van der Waals surface area contributed by atoms with Gasteiger partial charge in [0.2, 0.25) is 0 Å². The lowest BCUT2D eigenvalue weighted by atomic mass is 10.0. The molecule has 200 valence electrons. The van der Waals surface area contributed by atoms with Crippen molar-refractivity contribution < 1.29 is 9.53 Å². The minimum absolute atomic E-state index is 0.0512. The van der Waals surface area contributed by atoms with Crippen LogP contribution < -0.4 is 10.9 Å². The third kappa shape index (κ3) is 4.52. The highest BCUT2D eigenvalue weighted by Gasteiger charge is 2.23. The molecule has 2 aliphatic heterocycles. The van der Waals surface area contributed by atoms with Gasteiger partial charge in [0, 0.05) is 48.7 Å². The van der Waals surface area contributed by atoms with E-state index in [1.807, 2.05) is 59.4 Å². The summed E-state index contributed by atoms with van der Waals surface area (Å²) in [5, 5.41) is 15.4. The molecule has 2 amide bonds. The quantitative estimate of drug-likeness (QED) is 0.332. The fraction of sp³-hybridized carbons (Fsp3) is 0.233. The Balaban J connectivity index is 1.09. The molecule has 10 heteroatoms. The monoisotopic (exact) mass is 533 g/mol. The molecule has 10 nitrogen and oxygen atoms in total. The zero-order valence-electron chi connectivity index (χ0n) is 21.7. The Morgan fingerprint density at radius 3 is 2.65 bits per heavy atom. The van der Waals surface area contributed by atoms with E-state index in [4.69, 9.17) is 4.74 Å². The topological polar surface area (TPSA) is 118 Å². The number of aromatic amines is 1. The van der Waals surface area contributed by atoms with Crippen LogP contribution in [0.4, 0.5) is 10.5 Å². The number of pyridine rings is 1. The van der Waals surface area contributed by atoms with E-state index in [0.717, 1.165) is 59.0 Å². The second-order valence-corrected chi connectivity index (χ2v) is 10.2. The smallest absolute Gasteiger partial charge is 0.322 e. The summed E-state index contributed by atoms with van der Waals surface area (Å²) in [6.45, 7) is 1.85. The second-order valence-electron chi connectivity index (χ2n) is 10.2. The third-order valence-electron chi connectivity index (χ3n) is 7.58. The minimum atomic E-state index is -0.267. The van der Waals surface area contributed by atoms with Crippen LogP contribution in [-0.2, 0) is 17.8 Å². The molecule has 2 aliphatic rings. The van der Waals surface area contributed by atoms with Crippen molar-refractivity contribution in [2.45, 2.75) is 38.6 Å². The summed E-state index contributed by atoms with van der Waals surface area (Å²) in [4.78, 5) is 31.4. The van der Waals surface area contributed by atoms with Crippen molar-refractivity contribution in [1.82, 2.24) is 29.9 Å². The van der Waals surface area contributed by atoms with Gasteiger partial charge in [0.1, 0.15) is 0 Å². The predicted molar refractivity (Wildman–Crippen MR) is 150 cm³/mol. The van der Waals surface area contributed by atoms with E-state index in [0.29, 0.717) is 30.0 Å². The van der Waals surface area contributed by atoms with Gasteiger partial charge in [0.15, 0.2) is 6.23 Å². The molecule has 0 saturated carbocycles. The first-order valence-electron chi connectivity index (χ1n) is 13.4. The number of urea groups is 1. The van der Waals surface area contributed by atoms with E-state index in [1.54, 1.807) is 23.4 Å². The maximum atomic E-state index is 12.8. The number of nitrogens with one attached hydrogen (secondary N) is 2. The van der Waals surface area contributed by atoms with Crippen LogP contribution in [0.1, 0.15) is 36.6 Å². The first-order valence-corrected chi connectivity index (χ1v) is 13.4. The zero-order valence-corrected chi connectivity index (χ0v) is 21.7. The van der Waals surface area contributed by atoms with E-state index >= 15 is 0 Å². The zero-order chi connectivity index (χ0) is 27.1. The summed E-state index contributed by atoms with van der Waals surface area (Å²) in [7, 11) is 0. The fourth-order valence-corrected chi connectivity index (χ4v) is 5.43. The molecule has 7 rings (SSSR count). The van der Waals surface area contributed by atoms with Crippen LogP contribution >= 0.6 is 0 Å². The van der Waals surface area contributed by atoms with Gasteiger partial charge < -0.3 is 15.0 Å². The van der Waals surface area contributed by atoms with Gasteiger partial charge in [-0.15, -0.1) is 0 Å². The summed E-state index contributed by atoms with van der Waals surface area (Å²) >= 11 is 0. The number of nitrogens with zero attached hydrogens (tertiary/aromatic N) is 5. The Bertz CT molecular complexity index is 1750. The fourth-order valence-electron chi connectivity index (χ4n) is 5.43.